The summed E-state index contributed by atoms with van der Waals surface area (Å²) in [7, 11) is 0. The Hall–Kier alpha value is -3.42. The summed E-state index contributed by atoms with van der Waals surface area (Å²) in [5, 5.41) is 5.01. The zero-order valence-electron chi connectivity index (χ0n) is 24.3. The zero-order chi connectivity index (χ0) is 28.8. The van der Waals surface area contributed by atoms with Gasteiger partial charge in [0.25, 0.3) is 0 Å². The maximum absolute atomic E-state index is 7.03. The molecule has 1 N–H and O–H groups in total. The lowest BCUT2D eigenvalue weighted by molar-refractivity contribution is 0.357. The lowest BCUT2D eigenvalue weighted by Gasteiger charge is -2.37. The quantitative estimate of drug-likeness (QED) is 0.245. The lowest BCUT2D eigenvalue weighted by atomic mass is 9.91. The van der Waals surface area contributed by atoms with Crippen molar-refractivity contribution in [2.24, 2.45) is 11.8 Å². The van der Waals surface area contributed by atoms with Crippen LogP contribution in [0, 0.1) is 32.6 Å². The number of anilines is 2. The van der Waals surface area contributed by atoms with Crippen LogP contribution in [0.4, 0.5) is 11.4 Å². The second-order valence-electron chi connectivity index (χ2n) is 11.8. The molecule has 0 amide bonds. The summed E-state index contributed by atoms with van der Waals surface area (Å²) >= 11 is 13.0. The molecule has 0 spiro atoms. The van der Waals surface area contributed by atoms with Gasteiger partial charge in [-0.1, -0.05) is 31.5 Å². The van der Waals surface area contributed by atoms with E-state index in [9.17, 15) is 0 Å². The number of aryl methyl sites for hydroxylation is 2. The van der Waals surface area contributed by atoms with Gasteiger partial charge in [-0.25, -0.2) is 4.98 Å². The molecule has 2 saturated heterocycles. The van der Waals surface area contributed by atoms with Crippen molar-refractivity contribution in [3.8, 4) is 5.82 Å². The smallest absolute Gasteiger partial charge is 0.174 e. The molecular weight excluding hydrogens is 548 g/mol. The number of piperidine rings is 1. The number of hydrogen-bond donors (Lipinski definition) is 1. The first kappa shape index (κ1) is 27.7. The third kappa shape index (κ3) is 5.22. The number of nitrogens with zero attached hydrogens (tertiary/aromatic N) is 5. The number of thiocarbonyl (C=S) groups is 1. The Morgan fingerprint density at radius 3 is 2.39 bits per heavy atom. The topological polar surface area (TPSA) is 49.2 Å². The van der Waals surface area contributed by atoms with E-state index in [1.54, 1.807) is 0 Å². The number of rotatable bonds is 5. The van der Waals surface area contributed by atoms with E-state index in [0.29, 0.717) is 16.9 Å². The van der Waals surface area contributed by atoms with Crippen LogP contribution >= 0.6 is 23.8 Å². The predicted molar refractivity (Wildman–Crippen MR) is 172 cm³/mol. The van der Waals surface area contributed by atoms with Gasteiger partial charge in [-0.2, -0.15) is 0 Å². The van der Waals surface area contributed by atoms with Crippen LogP contribution in [0.2, 0.25) is 5.02 Å². The van der Waals surface area contributed by atoms with E-state index >= 15 is 0 Å². The SMILES string of the molecule is Cc1ccnc(-n2c(C)cc([C@@H]3[C@H](c4ccccn4)NC(=S)N3c3ccc(N4C[C@@H](C)C[C@H](C)C4)c(Cl)c3)c2C)c1. The first-order valence-corrected chi connectivity index (χ1v) is 15.2. The molecule has 4 atom stereocenters. The summed E-state index contributed by atoms with van der Waals surface area (Å²) in [4.78, 5) is 14.1. The fraction of sp³-hybridized carbons (Fsp3) is 0.364. The fourth-order valence-electron chi connectivity index (χ4n) is 6.79. The number of halogens is 1. The number of benzene rings is 1. The fourth-order valence-corrected chi connectivity index (χ4v) is 7.43. The summed E-state index contributed by atoms with van der Waals surface area (Å²) in [5.74, 6) is 2.20. The molecule has 0 unspecified atom stereocenters. The van der Waals surface area contributed by atoms with E-state index in [1.807, 2.05) is 30.6 Å². The summed E-state index contributed by atoms with van der Waals surface area (Å²) in [6.07, 6.45) is 4.96. The molecule has 2 fully saturated rings. The summed E-state index contributed by atoms with van der Waals surface area (Å²) < 4.78 is 2.23. The van der Waals surface area contributed by atoms with Gasteiger partial charge in [0, 0.05) is 42.6 Å². The molecule has 0 aliphatic carbocycles. The summed E-state index contributed by atoms with van der Waals surface area (Å²) in [5.41, 5.74) is 7.60. The highest BCUT2D eigenvalue weighted by molar-refractivity contribution is 7.80. The van der Waals surface area contributed by atoms with Gasteiger partial charge >= 0.3 is 0 Å². The zero-order valence-corrected chi connectivity index (χ0v) is 25.9. The first-order chi connectivity index (χ1) is 19.7. The minimum atomic E-state index is -0.134. The highest BCUT2D eigenvalue weighted by Gasteiger charge is 2.42. The Bertz CT molecular complexity index is 1570. The van der Waals surface area contributed by atoms with Crippen molar-refractivity contribution in [2.45, 2.75) is 53.1 Å². The van der Waals surface area contributed by atoms with Crippen molar-refractivity contribution in [3.05, 3.63) is 100 Å². The van der Waals surface area contributed by atoms with Gasteiger partial charge in [-0.05, 0) is 111 Å². The Labute approximate surface area is 253 Å². The molecule has 41 heavy (non-hydrogen) atoms. The number of aromatic nitrogens is 3. The average Bonchev–Trinajstić information content (AvgIpc) is 3.43. The second-order valence-corrected chi connectivity index (χ2v) is 12.6. The van der Waals surface area contributed by atoms with E-state index in [4.69, 9.17) is 33.8 Å². The third-order valence-electron chi connectivity index (χ3n) is 8.44. The van der Waals surface area contributed by atoms with Crippen LogP contribution in [-0.2, 0) is 0 Å². The number of pyridine rings is 2. The molecule has 5 heterocycles. The molecule has 8 heteroatoms. The van der Waals surface area contributed by atoms with Crippen LogP contribution in [0.15, 0.2) is 67.0 Å². The largest absolute Gasteiger partial charge is 0.370 e. The van der Waals surface area contributed by atoms with E-state index in [1.165, 1.54) is 17.5 Å². The van der Waals surface area contributed by atoms with E-state index < -0.39 is 0 Å². The molecular formula is C33H37ClN6S. The average molecular weight is 585 g/mol. The third-order valence-corrected chi connectivity index (χ3v) is 9.05. The molecule has 6 nitrogen and oxygen atoms in total. The van der Waals surface area contributed by atoms with Crippen molar-refractivity contribution in [3.63, 3.8) is 0 Å². The molecule has 0 bridgehead atoms. The molecule has 1 aromatic carbocycles. The maximum atomic E-state index is 7.03. The number of nitrogens with one attached hydrogen (secondary N) is 1. The minimum absolute atomic E-state index is 0.126. The van der Waals surface area contributed by atoms with Gasteiger partial charge in [-0.3, -0.25) is 4.98 Å². The van der Waals surface area contributed by atoms with E-state index in [2.05, 4.69) is 90.7 Å². The molecule has 4 aromatic rings. The Balaban J connectivity index is 1.44. The van der Waals surface area contributed by atoms with Crippen molar-refractivity contribution in [2.75, 3.05) is 22.9 Å². The molecule has 0 radical (unpaired) electrons. The van der Waals surface area contributed by atoms with Crippen LogP contribution in [0.3, 0.4) is 0 Å². The van der Waals surface area contributed by atoms with Crippen molar-refractivity contribution in [1.29, 1.82) is 0 Å². The van der Waals surface area contributed by atoms with Crippen molar-refractivity contribution < 1.29 is 0 Å². The van der Waals surface area contributed by atoms with Crippen LogP contribution in [0.25, 0.3) is 5.82 Å². The Kier molecular flexibility index (Phi) is 7.51. The Morgan fingerprint density at radius 2 is 1.71 bits per heavy atom. The summed E-state index contributed by atoms with van der Waals surface area (Å²) in [6, 6.07) is 18.6. The molecule has 2 aliphatic rings. The highest BCUT2D eigenvalue weighted by Crippen LogP contribution is 2.45. The van der Waals surface area contributed by atoms with Crippen LogP contribution in [0.5, 0.6) is 0 Å². The summed E-state index contributed by atoms with van der Waals surface area (Å²) in [6.45, 7) is 13.1. The van der Waals surface area contributed by atoms with E-state index in [0.717, 1.165) is 52.4 Å². The van der Waals surface area contributed by atoms with Gasteiger partial charge in [0.1, 0.15) is 5.82 Å². The molecule has 0 saturated carbocycles. The van der Waals surface area contributed by atoms with Crippen LogP contribution in [0.1, 0.15) is 60.6 Å². The molecule has 3 aromatic heterocycles. The van der Waals surface area contributed by atoms with Crippen molar-refractivity contribution >= 4 is 40.3 Å². The van der Waals surface area contributed by atoms with Gasteiger partial charge in [0.15, 0.2) is 5.11 Å². The predicted octanol–water partition coefficient (Wildman–Crippen LogP) is 7.51. The van der Waals surface area contributed by atoms with Gasteiger partial charge < -0.3 is 19.7 Å². The second kappa shape index (κ2) is 11.1. The van der Waals surface area contributed by atoms with Gasteiger partial charge in [0.2, 0.25) is 0 Å². The normalized spacial score (nSPS) is 22.7. The van der Waals surface area contributed by atoms with Crippen LogP contribution < -0.4 is 15.1 Å². The highest BCUT2D eigenvalue weighted by atomic mass is 35.5. The maximum Gasteiger partial charge on any atom is 0.174 e. The van der Waals surface area contributed by atoms with Crippen molar-refractivity contribution in [1.82, 2.24) is 19.9 Å². The molecule has 212 valence electrons. The lowest BCUT2D eigenvalue weighted by Crippen LogP contribution is -2.38. The standard InChI is InChI=1S/C33H37ClN6S/c1-20-11-13-36-30(15-20)39-23(4)16-26(24(39)5)32-31(28-8-6-7-12-35-28)37-33(41)40(32)25-9-10-29(27(34)17-25)38-18-21(2)14-22(3)19-38/h6-13,15-17,21-22,31-32H,14,18-19H2,1-5H3,(H,37,41)/t21-,22-,31-,32+/m0/s1. The Morgan fingerprint density at radius 1 is 0.927 bits per heavy atom. The van der Waals surface area contributed by atoms with Gasteiger partial charge in [-0.15, -0.1) is 0 Å². The van der Waals surface area contributed by atoms with Gasteiger partial charge in [0.05, 0.1) is 28.5 Å². The van der Waals surface area contributed by atoms with E-state index in [-0.39, 0.29) is 12.1 Å². The first-order valence-electron chi connectivity index (χ1n) is 14.4. The number of hydrogen-bond acceptors (Lipinski definition) is 4. The minimum Gasteiger partial charge on any atom is -0.370 e. The molecule has 2 aliphatic heterocycles. The monoisotopic (exact) mass is 584 g/mol. The molecule has 6 rings (SSSR count). The van der Waals surface area contributed by atoms with Crippen LogP contribution in [-0.4, -0.2) is 32.7 Å².